The highest BCUT2D eigenvalue weighted by Gasteiger charge is 2.28. The van der Waals surface area contributed by atoms with Crippen molar-refractivity contribution in [3.05, 3.63) is 182 Å². The zero-order valence-electron chi connectivity index (χ0n) is 50.6. The van der Waals surface area contributed by atoms with Crippen molar-refractivity contribution in [3.63, 3.8) is 0 Å². The Bertz CT molecular complexity index is 2080. The molecule has 0 saturated heterocycles. The lowest BCUT2D eigenvalue weighted by molar-refractivity contribution is -0.161. The van der Waals surface area contributed by atoms with Gasteiger partial charge in [0.05, 0.1) is 19.8 Å². The number of hydrogen-bond donors (Lipinski definition) is 2. The Hall–Kier alpha value is -5.42. The number of carbonyl (C=O) groups excluding carboxylic acids is 3. The fourth-order valence-corrected chi connectivity index (χ4v) is 8.05. The van der Waals surface area contributed by atoms with E-state index in [4.69, 9.17) is 23.3 Å². The van der Waals surface area contributed by atoms with Gasteiger partial charge in [-0.15, -0.1) is 0 Å². The zero-order chi connectivity index (χ0) is 59.8. The fourth-order valence-electron chi connectivity index (χ4n) is 7.27. The number of hydrogen-bond acceptors (Lipinski definition) is 10. The third-order valence-electron chi connectivity index (χ3n) is 11.8. The van der Waals surface area contributed by atoms with Crippen LogP contribution in [0.3, 0.4) is 0 Å². The van der Waals surface area contributed by atoms with E-state index in [0.717, 1.165) is 135 Å². The molecular weight excluding hydrogens is 1050 g/mol. The lowest BCUT2D eigenvalue weighted by Crippen LogP contribution is -2.30. The summed E-state index contributed by atoms with van der Waals surface area (Å²) in [5.74, 6) is -1.63. The van der Waals surface area contributed by atoms with Crippen molar-refractivity contribution < 1.29 is 52.2 Å². The second-order valence-electron chi connectivity index (χ2n) is 19.4. The van der Waals surface area contributed by atoms with E-state index in [1.807, 2.05) is 6.08 Å². The average Bonchev–Trinajstić information content (AvgIpc) is 3.47. The van der Waals surface area contributed by atoms with Crippen LogP contribution in [0.5, 0.6) is 0 Å². The summed E-state index contributed by atoms with van der Waals surface area (Å²) in [6.07, 6.45) is 84.2. The van der Waals surface area contributed by atoms with Crippen LogP contribution in [-0.4, -0.2) is 66.5 Å². The van der Waals surface area contributed by atoms with E-state index in [2.05, 4.69) is 197 Å². The molecule has 0 aliphatic rings. The Morgan fingerprint density at radius 1 is 0.341 bits per heavy atom. The number of phosphoric ester groups is 1. The highest BCUT2D eigenvalue weighted by atomic mass is 31.2. The third-order valence-corrected chi connectivity index (χ3v) is 12.8. The number of rotatable bonds is 54. The van der Waals surface area contributed by atoms with Crippen molar-refractivity contribution in [2.45, 2.75) is 213 Å². The maximum atomic E-state index is 12.9. The van der Waals surface area contributed by atoms with E-state index in [1.54, 1.807) is 0 Å². The number of allylic oxidation sites excluding steroid dienone is 30. The van der Waals surface area contributed by atoms with Crippen molar-refractivity contribution in [2.75, 3.05) is 26.4 Å². The van der Waals surface area contributed by atoms with Gasteiger partial charge in [0.15, 0.2) is 6.10 Å². The Kier molecular flexibility index (Phi) is 57.6. The van der Waals surface area contributed by atoms with Gasteiger partial charge in [0.2, 0.25) is 0 Å². The molecule has 0 saturated carbocycles. The highest BCUT2D eigenvalue weighted by molar-refractivity contribution is 7.47. The van der Waals surface area contributed by atoms with E-state index in [1.165, 1.54) is 0 Å². The molecule has 11 nitrogen and oxygen atoms in total. The smallest absolute Gasteiger partial charge is 0.462 e. The van der Waals surface area contributed by atoms with E-state index >= 15 is 0 Å². The first-order valence-electron chi connectivity index (χ1n) is 30.7. The molecule has 0 fully saturated rings. The van der Waals surface area contributed by atoms with Gasteiger partial charge in [0.25, 0.3) is 0 Å². The molecule has 0 rings (SSSR count). The molecule has 82 heavy (non-hydrogen) atoms. The second kappa shape index (κ2) is 61.6. The topological polar surface area (TPSA) is 155 Å². The normalized spacial score (nSPS) is 14.5. The van der Waals surface area contributed by atoms with E-state index < -0.39 is 64.4 Å². The summed E-state index contributed by atoms with van der Waals surface area (Å²) in [5.41, 5.74) is 0. The Labute approximate surface area is 497 Å². The van der Waals surface area contributed by atoms with Crippen molar-refractivity contribution >= 4 is 25.7 Å². The van der Waals surface area contributed by atoms with Gasteiger partial charge in [-0.25, -0.2) is 4.57 Å². The van der Waals surface area contributed by atoms with Crippen LogP contribution in [0.15, 0.2) is 182 Å². The SMILES string of the molecule is CC/C=C\C/C=C\C/C=C\C/C=C\C/C=C\CCCCCC(=O)OC(CO)COP(=O)(O)OCC(COC(=O)CCC/C=C\C/C=C\C/C=C\C/C=C\C/C=C\CC)OC(=O)CCCCC/C=C\C/C=C\C/C=C\C/C=C\C/C=C\CC. The summed E-state index contributed by atoms with van der Waals surface area (Å²) in [6, 6.07) is 0. The molecule has 3 unspecified atom stereocenters. The molecule has 0 aliphatic carbocycles. The van der Waals surface area contributed by atoms with Crippen LogP contribution in [0.4, 0.5) is 0 Å². The number of ether oxygens (including phenoxy) is 3. The first-order valence-corrected chi connectivity index (χ1v) is 32.2. The minimum atomic E-state index is -4.80. The predicted octanol–water partition coefficient (Wildman–Crippen LogP) is 18.8. The van der Waals surface area contributed by atoms with Gasteiger partial charge < -0.3 is 24.2 Å². The summed E-state index contributed by atoms with van der Waals surface area (Å²) < 4.78 is 39.5. The number of carbonyl (C=O) groups is 3. The van der Waals surface area contributed by atoms with Gasteiger partial charge in [-0.1, -0.05) is 216 Å². The summed E-state index contributed by atoms with van der Waals surface area (Å²) in [4.78, 5) is 48.7. The summed E-state index contributed by atoms with van der Waals surface area (Å²) in [5, 5.41) is 9.85. The van der Waals surface area contributed by atoms with Crippen LogP contribution in [0, 0.1) is 0 Å². The molecule has 0 bridgehead atoms. The summed E-state index contributed by atoms with van der Waals surface area (Å²) >= 11 is 0. The molecule has 0 spiro atoms. The number of aliphatic hydroxyl groups is 1. The number of phosphoric acid groups is 1. The second-order valence-corrected chi connectivity index (χ2v) is 20.8. The maximum Gasteiger partial charge on any atom is 0.472 e. The summed E-state index contributed by atoms with van der Waals surface area (Å²) in [6.45, 7) is 4.14. The predicted molar refractivity (Wildman–Crippen MR) is 343 cm³/mol. The number of esters is 3. The van der Waals surface area contributed by atoms with Crippen molar-refractivity contribution in [3.8, 4) is 0 Å². The molecule has 458 valence electrons. The van der Waals surface area contributed by atoms with Gasteiger partial charge in [-0.3, -0.25) is 23.4 Å². The van der Waals surface area contributed by atoms with Crippen molar-refractivity contribution in [1.82, 2.24) is 0 Å². The molecule has 0 radical (unpaired) electrons. The average molecular weight is 1160 g/mol. The van der Waals surface area contributed by atoms with Gasteiger partial charge in [-0.05, 0) is 148 Å². The molecule has 0 aromatic heterocycles. The molecule has 3 atom stereocenters. The van der Waals surface area contributed by atoms with E-state index in [0.29, 0.717) is 25.7 Å². The minimum Gasteiger partial charge on any atom is -0.462 e. The van der Waals surface area contributed by atoms with Gasteiger partial charge in [0.1, 0.15) is 12.7 Å². The van der Waals surface area contributed by atoms with Crippen LogP contribution in [-0.2, 0) is 42.2 Å². The van der Waals surface area contributed by atoms with Crippen molar-refractivity contribution in [1.29, 1.82) is 0 Å². The van der Waals surface area contributed by atoms with E-state index in [-0.39, 0.29) is 19.3 Å². The Morgan fingerprint density at radius 3 is 0.927 bits per heavy atom. The first kappa shape index (κ1) is 76.6. The van der Waals surface area contributed by atoms with Crippen LogP contribution in [0.2, 0.25) is 0 Å². The van der Waals surface area contributed by atoms with Crippen LogP contribution < -0.4 is 0 Å². The number of aliphatic hydroxyl groups excluding tert-OH is 1. The maximum absolute atomic E-state index is 12.9. The molecule has 0 heterocycles. The molecule has 2 N–H and O–H groups in total. The van der Waals surface area contributed by atoms with Crippen molar-refractivity contribution in [2.24, 2.45) is 0 Å². The first-order chi connectivity index (χ1) is 40.2. The van der Waals surface area contributed by atoms with E-state index in [9.17, 15) is 28.9 Å². The van der Waals surface area contributed by atoms with Gasteiger partial charge >= 0.3 is 25.7 Å². The fraction of sp³-hybridized carbons (Fsp3) is 0.529. The van der Waals surface area contributed by atoms with Crippen LogP contribution >= 0.6 is 7.82 Å². The largest absolute Gasteiger partial charge is 0.472 e. The highest BCUT2D eigenvalue weighted by Crippen LogP contribution is 2.43. The number of unbranched alkanes of at least 4 members (excludes halogenated alkanes) is 7. The molecule has 0 amide bonds. The minimum absolute atomic E-state index is 0.102. The molecule has 0 aromatic carbocycles. The summed E-state index contributed by atoms with van der Waals surface area (Å²) in [7, 11) is -4.80. The lowest BCUT2D eigenvalue weighted by Gasteiger charge is -2.21. The molecule has 12 heteroatoms. The zero-order valence-corrected chi connectivity index (χ0v) is 51.5. The van der Waals surface area contributed by atoms with Gasteiger partial charge in [0, 0.05) is 19.3 Å². The quantitative estimate of drug-likeness (QED) is 0.0197. The van der Waals surface area contributed by atoms with Gasteiger partial charge in [-0.2, -0.15) is 0 Å². The molecule has 0 aliphatic heterocycles. The van der Waals surface area contributed by atoms with Crippen LogP contribution in [0.1, 0.15) is 201 Å². The molecule has 0 aromatic rings. The van der Waals surface area contributed by atoms with Crippen LogP contribution in [0.25, 0.3) is 0 Å². The molecular formula is C70H107O11P. The monoisotopic (exact) mass is 1150 g/mol. The third kappa shape index (κ3) is 59.2. The Balaban J connectivity index is 4.91. The standard InChI is InChI=1S/C70H107O11P/c1-4-7-10-13-16-19-22-25-28-31-33-36-39-42-45-48-51-54-57-60-69(73)80-66(62-71)64-78-82(75,76)79-65-67(63-77-68(72)59-56-53-50-47-44-41-38-35-30-27-24-21-18-15-12-9-6-3)81-70(74)61-58-55-52-49-46-43-40-37-34-32-29-26-23-20-17-14-11-8-5-2/h7-12,16-21,25-30,33-34,36-38,41-43,45-47,50,66-67,71H,4-6,13-15,22-24,31-32,35,39-40,44,48-49,51-65H2,1-3H3,(H,75,76)/b10-7-,11-8-,12-9-,19-16-,20-17-,21-18-,28-25-,29-26-,30-27-,36-33-,37-34-,41-38-,45-42-,46-43-,50-47-. The Morgan fingerprint density at radius 2 is 0.610 bits per heavy atom. The lowest BCUT2D eigenvalue weighted by atomic mass is 10.1.